The molecule has 1 atom stereocenters. The number of carbonyl (C=O) groups excluding carboxylic acids is 1. The summed E-state index contributed by atoms with van der Waals surface area (Å²) in [5.74, 6) is 0.0743. The van der Waals surface area contributed by atoms with Crippen molar-refractivity contribution in [2.75, 3.05) is 11.4 Å². The molecule has 4 aromatic rings. The second-order valence-corrected chi connectivity index (χ2v) is 7.90. The summed E-state index contributed by atoms with van der Waals surface area (Å²) in [6.07, 6.45) is 0.901. The second kappa shape index (κ2) is 6.35. The van der Waals surface area contributed by atoms with Crippen molar-refractivity contribution in [3.05, 3.63) is 54.1 Å². The molecule has 1 aliphatic heterocycles. The molecule has 0 bridgehead atoms. The molecular weight excluding hydrogens is 358 g/mol. The van der Waals surface area contributed by atoms with E-state index in [1.807, 2.05) is 54.3 Å². The molecule has 1 N–H and O–H groups in total. The number of aromatic amines is 1. The number of anilines is 1. The molecular formula is C20H17N5OS. The minimum atomic E-state index is -0.292. The molecule has 1 amide bonds. The largest absolute Gasteiger partial charge is 0.338 e. The standard InChI is InChI=1S/C20H17N5OS/c1-12(19(26)25-11-10-13-6-2-5-9-16(13)25)27-20-22-18-17(23-24-20)14-7-3-4-8-15(14)21-18/h2-9,12H,10-11H2,1H3,(H,21,22,24)/t12-/m1/s1. The van der Waals surface area contributed by atoms with E-state index in [0.717, 1.165) is 35.1 Å². The van der Waals surface area contributed by atoms with Gasteiger partial charge in [0.15, 0.2) is 5.65 Å². The zero-order chi connectivity index (χ0) is 18.4. The summed E-state index contributed by atoms with van der Waals surface area (Å²) in [6, 6.07) is 16.0. The van der Waals surface area contributed by atoms with Gasteiger partial charge in [0.25, 0.3) is 0 Å². The minimum absolute atomic E-state index is 0.0743. The van der Waals surface area contributed by atoms with Crippen LogP contribution in [0, 0.1) is 0 Å². The summed E-state index contributed by atoms with van der Waals surface area (Å²) >= 11 is 1.34. The number of hydrogen-bond acceptors (Lipinski definition) is 5. The second-order valence-electron chi connectivity index (χ2n) is 6.59. The summed E-state index contributed by atoms with van der Waals surface area (Å²) in [7, 11) is 0. The lowest BCUT2D eigenvalue weighted by Gasteiger charge is -2.20. The summed E-state index contributed by atoms with van der Waals surface area (Å²) < 4.78 is 0. The van der Waals surface area contributed by atoms with Gasteiger partial charge >= 0.3 is 0 Å². The van der Waals surface area contributed by atoms with Gasteiger partial charge < -0.3 is 9.88 Å². The highest BCUT2D eigenvalue weighted by atomic mass is 32.2. The Hall–Kier alpha value is -2.93. The summed E-state index contributed by atoms with van der Waals surface area (Å²) in [5.41, 5.74) is 4.66. The monoisotopic (exact) mass is 375 g/mol. The molecule has 0 fully saturated rings. The van der Waals surface area contributed by atoms with E-state index >= 15 is 0 Å². The van der Waals surface area contributed by atoms with Crippen LogP contribution in [0.3, 0.4) is 0 Å². The van der Waals surface area contributed by atoms with E-state index in [1.165, 1.54) is 17.3 Å². The van der Waals surface area contributed by atoms with Crippen LogP contribution in [-0.2, 0) is 11.2 Å². The van der Waals surface area contributed by atoms with E-state index in [9.17, 15) is 4.79 Å². The molecule has 0 saturated heterocycles. The van der Waals surface area contributed by atoms with Crippen LogP contribution in [0.2, 0.25) is 0 Å². The van der Waals surface area contributed by atoms with Crippen LogP contribution in [-0.4, -0.2) is 37.9 Å². The van der Waals surface area contributed by atoms with Gasteiger partial charge in [-0.05, 0) is 31.0 Å². The van der Waals surface area contributed by atoms with Crippen LogP contribution >= 0.6 is 11.8 Å². The van der Waals surface area contributed by atoms with E-state index in [-0.39, 0.29) is 11.2 Å². The first-order valence-electron chi connectivity index (χ1n) is 8.88. The normalized spacial score (nSPS) is 14.6. The third-order valence-electron chi connectivity index (χ3n) is 4.89. The van der Waals surface area contributed by atoms with Gasteiger partial charge in [0.05, 0.1) is 5.25 Å². The van der Waals surface area contributed by atoms with Gasteiger partial charge in [0, 0.05) is 23.1 Å². The summed E-state index contributed by atoms with van der Waals surface area (Å²) in [5, 5.41) is 9.77. The number of aromatic nitrogens is 4. The van der Waals surface area contributed by atoms with Gasteiger partial charge in [-0.15, -0.1) is 10.2 Å². The van der Waals surface area contributed by atoms with Gasteiger partial charge in [-0.2, -0.15) is 0 Å². The number of nitrogens with one attached hydrogen (secondary N) is 1. The lowest BCUT2D eigenvalue weighted by Crippen LogP contribution is -2.35. The molecule has 0 saturated carbocycles. The van der Waals surface area contributed by atoms with Gasteiger partial charge in [0.1, 0.15) is 5.52 Å². The van der Waals surface area contributed by atoms with Crippen LogP contribution in [0.4, 0.5) is 5.69 Å². The quantitative estimate of drug-likeness (QED) is 0.554. The molecule has 3 heterocycles. The zero-order valence-electron chi connectivity index (χ0n) is 14.7. The van der Waals surface area contributed by atoms with Crippen molar-refractivity contribution >= 4 is 45.4 Å². The Morgan fingerprint density at radius 1 is 1.15 bits per heavy atom. The van der Waals surface area contributed by atoms with Crippen molar-refractivity contribution in [3.63, 3.8) is 0 Å². The van der Waals surface area contributed by atoms with Crippen LogP contribution in [0.1, 0.15) is 12.5 Å². The van der Waals surface area contributed by atoms with Gasteiger partial charge in [-0.25, -0.2) is 4.98 Å². The molecule has 0 spiro atoms. The molecule has 2 aromatic heterocycles. The first-order valence-corrected chi connectivity index (χ1v) is 9.76. The lowest BCUT2D eigenvalue weighted by molar-refractivity contribution is -0.117. The topological polar surface area (TPSA) is 74.8 Å². The fraction of sp³-hybridized carbons (Fsp3) is 0.200. The smallest absolute Gasteiger partial charge is 0.240 e. The van der Waals surface area contributed by atoms with E-state index in [1.54, 1.807) is 0 Å². The van der Waals surface area contributed by atoms with E-state index in [0.29, 0.717) is 10.8 Å². The number of rotatable bonds is 3. The summed E-state index contributed by atoms with van der Waals surface area (Å²) in [6.45, 7) is 2.62. The predicted octanol–water partition coefficient (Wildman–Crippen LogP) is 3.58. The number of nitrogens with zero attached hydrogens (tertiary/aromatic N) is 4. The Morgan fingerprint density at radius 2 is 1.96 bits per heavy atom. The highest BCUT2D eigenvalue weighted by Gasteiger charge is 2.29. The molecule has 27 heavy (non-hydrogen) atoms. The molecule has 5 rings (SSSR count). The molecule has 0 aliphatic carbocycles. The number of para-hydroxylation sites is 2. The van der Waals surface area contributed by atoms with Crippen molar-refractivity contribution in [1.82, 2.24) is 20.2 Å². The van der Waals surface area contributed by atoms with Crippen molar-refractivity contribution in [1.29, 1.82) is 0 Å². The zero-order valence-corrected chi connectivity index (χ0v) is 15.5. The Kier molecular flexibility index (Phi) is 3.82. The number of carbonyl (C=O) groups is 1. The van der Waals surface area contributed by atoms with E-state index < -0.39 is 0 Å². The average molecular weight is 375 g/mol. The Morgan fingerprint density at radius 3 is 2.89 bits per heavy atom. The molecule has 134 valence electrons. The predicted molar refractivity (Wildman–Crippen MR) is 107 cm³/mol. The van der Waals surface area contributed by atoms with Gasteiger partial charge in [-0.1, -0.05) is 48.2 Å². The van der Waals surface area contributed by atoms with Crippen molar-refractivity contribution in [2.45, 2.75) is 23.8 Å². The fourth-order valence-corrected chi connectivity index (χ4v) is 4.33. The summed E-state index contributed by atoms with van der Waals surface area (Å²) in [4.78, 5) is 22.6. The van der Waals surface area contributed by atoms with Crippen LogP contribution in [0.5, 0.6) is 0 Å². The number of benzene rings is 2. The number of hydrogen-bond donors (Lipinski definition) is 1. The van der Waals surface area contributed by atoms with Gasteiger partial charge in [0.2, 0.25) is 11.1 Å². The highest BCUT2D eigenvalue weighted by molar-refractivity contribution is 8.00. The molecule has 6 nitrogen and oxygen atoms in total. The maximum atomic E-state index is 12.9. The third kappa shape index (κ3) is 2.75. The maximum Gasteiger partial charge on any atom is 0.240 e. The van der Waals surface area contributed by atoms with Crippen molar-refractivity contribution < 1.29 is 4.79 Å². The SMILES string of the molecule is C[C@@H](Sc1nnc2c(n1)[nH]c1ccccc12)C(=O)N1CCc2ccccc21. The molecule has 0 radical (unpaired) electrons. The van der Waals surface area contributed by atoms with Crippen molar-refractivity contribution in [2.24, 2.45) is 0 Å². The van der Waals surface area contributed by atoms with E-state index in [2.05, 4.69) is 26.2 Å². The van der Waals surface area contributed by atoms with E-state index in [4.69, 9.17) is 0 Å². The van der Waals surface area contributed by atoms with Gasteiger partial charge in [-0.3, -0.25) is 4.79 Å². The Balaban J connectivity index is 1.40. The first-order chi connectivity index (χ1) is 13.2. The first kappa shape index (κ1) is 16.3. The highest BCUT2D eigenvalue weighted by Crippen LogP contribution is 2.31. The number of amides is 1. The number of thioether (sulfide) groups is 1. The average Bonchev–Trinajstić information content (AvgIpc) is 3.28. The lowest BCUT2D eigenvalue weighted by atomic mass is 10.2. The number of H-pyrrole nitrogens is 1. The minimum Gasteiger partial charge on any atom is -0.338 e. The number of fused-ring (bicyclic) bond motifs is 4. The van der Waals surface area contributed by atoms with Crippen LogP contribution in [0.15, 0.2) is 53.7 Å². The molecule has 2 aromatic carbocycles. The molecule has 7 heteroatoms. The van der Waals surface area contributed by atoms with Crippen LogP contribution in [0.25, 0.3) is 22.1 Å². The van der Waals surface area contributed by atoms with Crippen molar-refractivity contribution in [3.8, 4) is 0 Å². The molecule has 1 aliphatic rings. The fourth-order valence-electron chi connectivity index (χ4n) is 3.55. The Labute approximate surface area is 160 Å². The third-order valence-corrected chi connectivity index (χ3v) is 5.82. The molecule has 0 unspecified atom stereocenters. The maximum absolute atomic E-state index is 12.9. The Bertz CT molecular complexity index is 1170. The van der Waals surface area contributed by atoms with Crippen LogP contribution < -0.4 is 4.90 Å².